The number of rotatable bonds is 5. The highest BCUT2D eigenvalue weighted by molar-refractivity contribution is 5.43. The summed E-state index contributed by atoms with van der Waals surface area (Å²) >= 11 is 0. The molecule has 0 heterocycles. The predicted octanol–water partition coefficient (Wildman–Crippen LogP) is 3.30. The van der Waals surface area contributed by atoms with Crippen molar-refractivity contribution in [1.82, 2.24) is 0 Å². The molecule has 0 spiro atoms. The molecule has 1 aliphatic rings. The van der Waals surface area contributed by atoms with Crippen LogP contribution in [0, 0.1) is 0 Å². The van der Waals surface area contributed by atoms with E-state index in [9.17, 15) is 0 Å². The Morgan fingerprint density at radius 1 is 1.21 bits per heavy atom. The normalized spacial score (nSPS) is 18.1. The molecular formula is C16H25NO2. The maximum Gasteiger partial charge on any atom is 0.161 e. The number of ether oxygens (including phenoxy) is 2. The number of hydrogen-bond acceptors (Lipinski definition) is 3. The maximum atomic E-state index is 6.13. The second-order valence-corrected chi connectivity index (χ2v) is 5.54. The third-order valence-corrected chi connectivity index (χ3v) is 3.63. The summed E-state index contributed by atoms with van der Waals surface area (Å²) in [6, 6.07) is 6.29. The van der Waals surface area contributed by atoms with Crippen LogP contribution in [0.15, 0.2) is 18.2 Å². The Morgan fingerprint density at radius 2 is 1.95 bits per heavy atom. The fourth-order valence-electron chi connectivity index (χ4n) is 2.67. The number of methoxy groups -OCH3 is 1. The average Bonchev–Trinajstić information content (AvgIpc) is 2.39. The molecule has 0 amide bonds. The molecule has 2 rings (SSSR count). The highest BCUT2D eigenvalue weighted by Crippen LogP contribution is 2.32. The van der Waals surface area contributed by atoms with Crippen LogP contribution in [0.3, 0.4) is 0 Å². The Labute approximate surface area is 116 Å². The Bertz CT molecular complexity index is 398. The average molecular weight is 263 g/mol. The van der Waals surface area contributed by atoms with E-state index in [1.54, 1.807) is 7.11 Å². The van der Waals surface area contributed by atoms with E-state index in [2.05, 4.69) is 12.1 Å². The lowest BCUT2D eigenvalue weighted by atomic mass is 9.97. The number of nitrogens with two attached hydrogens (primary N) is 1. The molecule has 19 heavy (non-hydrogen) atoms. The zero-order valence-corrected chi connectivity index (χ0v) is 12.0. The van der Waals surface area contributed by atoms with Gasteiger partial charge in [-0.3, -0.25) is 0 Å². The quantitative estimate of drug-likeness (QED) is 0.886. The lowest BCUT2D eigenvalue weighted by Gasteiger charge is -2.24. The minimum atomic E-state index is 0.163. The third kappa shape index (κ3) is 4.13. The molecule has 1 aliphatic carbocycles. The Balaban J connectivity index is 2.10. The summed E-state index contributed by atoms with van der Waals surface area (Å²) in [5, 5.41) is 0. The van der Waals surface area contributed by atoms with Gasteiger partial charge in [-0.15, -0.1) is 0 Å². The van der Waals surface area contributed by atoms with Gasteiger partial charge in [0.2, 0.25) is 0 Å². The van der Waals surface area contributed by atoms with Crippen molar-refractivity contribution in [1.29, 1.82) is 0 Å². The van der Waals surface area contributed by atoms with Crippen molar-refractivity contribution in [2.75, 3.05) is 7.11 Å². The molecule has 3 nitrogen and oxygen atoms in total. The first-order valence-corrected chi connectivity index (χ1v) is 7.28. The second kappa shape index (κ2) is 6.80. The monoisotopic (exact) mass is 263 g/mol. The highest BCUT2D eigenvalue weighted by Gasteiger charge is 2.17. The van der Waals surface area contributed by atoms with E-state index >= 15 is 0 Å². The Kier molecular flexibility index (Phi) is 5.08. The van der Waals surface area contributed by atoms with Gasteiger partial charge in [0.1, 0.15) is 0 Å². The van der Waals surface area contributed by atoms with Crippen LogP contribution in [0.25, 0.3) is 0 Å². The fourth-order valence-corrected chi connectivity index (χ4v) is 2.67. The smallest absolute Gasteiger partial charge is 0.161 e. The molecule has 2 N–H and O–H groups in total. The molecule has 1 aromatic carbocycles. The van der Waals surface area contributed by atoms with E-state index in [0.29, 0.717) is 6.10 Å². The first-order chi connectivity index (χ1) is 9.19. The lowest BCUT2D eigenvalue weighted by Crippen LogP contribution is -2.20. The van der Waals surface area contributed by atoms with E-state index in [1.807, 2.05) is 13.0 Å². The summed E-state index contributed by atoms with van der Waals surface area (Å²) in [4.78, 5) is 0. The van der Waals surface area contributed by atoms with Gasteiger partial charge in [0.05, 0.1) is 13.2 Å². The van der Waals surface area contributed by atoms with E-state index in [4.69, 9.17) is 15.2 Å². The summed E-state index contributed by atoms with van der Waals surface area (Å²) in [6.07, 6.45) is 7.39. The predicted molar refractivity (Wildman–Crippen MR) is 77.8 cm³/mol. The van der Waals surface area contributed by atoms with Gasteiger partial charge in [0.15, 0.2) is 11.5 Å². The van der Waals surface area contributed by atoms with Crippen molar-refractivity contribution in [3.63, 3.8) is 0 Å². The van der Waals surface area contributed by atoms with Crippen molar-refractivity contribution in [2.45, 2.75) is 57.6 Å². The molecule has 1 aromatic rings. The van der Waals surface area contributed by atoms with Crippen LogP contribution in [0.1, 0.15) is 44.6 Å². The van der Waals surface area contributed by atoms with E-state index < -0.39 is 0 Å². The first-order valence-electron chi connectivity index (χ1n) is 7.28. The van der Waals surface area contributed by atoms with Gasteiger partial charge in [-0.1, -0.05) is 12.5 Å². The molecule has 1 fully saturated rings. The third-order valence-electron chi connectivity index (χ3n) is 3.63. The SMILES string of the molecule is COc1ccc(CC(C)N)cc1OC1CCCCC1. The molecule has 0 aromatic heterocycles. The topological polar surface area (TPSA) is 44.5 Å². The van der Waals surface area contributed by atoms with Crippen molar-refractivity contribution < 1.29 is 9.47 Å². The first kappa shape index (κ1) is 14.2. The summed E-state index contributed by atoms with van der Waals surface area (Å²) in [6.45, 7) is 2.02. The van der Waals surface area contributed by atoms with E-state index in [1.165, 1.54) is 24.8 Å². The standard InChI is InChI=1S/C16H25NO2/c1-12(17)10-13-8-9-15(18-2)16(11-13)19-14-6-4-3-5-7-14/h8-9,11-12,14H,3-7,10,17H2,1-2H3. The lowest BCUT2D eigenvalue weighted by molar-refractivity contribution is 0.149. The van der Waals surface area contributed by atoms with Crippen LogP contribution in [-0.2, 0) is 6.42 Å². The molecule has 0 radical (unpaired) electrons. The maximum absolute atomic E-state index is 6.13. The minimum absolute atomic E-state index is 0.163. The van der Waals surface area contributed by atoms with Gasteiger partial charge in [-0.2, -0.15) is 0 Å². The zero-order valence-electron chi connectivity index (χ0n) is 12.0. The van der Waals surface area contributed by atoms with Gasteiger partial charge in [-0.05, 0) is 56.7 Å². The van der Waals surface area contributed by atoms with Gasteiger partial charge in [0, 0.05) is 6.04 Å². The molecule has 106 valence electrons. The van der Waals surface area contributed by atoms with Crippen molar-refractivity contribution in [3.8, 4) is 11.5 Å². The second-order valence-electron chi connectivity index (χ2n) is 5.54. The summed E-state index contributed by atoms with van der Waals surface area (Å²) in [5.74, 6) is 1.69. The van der Waals surface area contributed by atoms with E-state index in [0.717, 1.165) is 30.8 Å². The summed E-state index contributed by atoms with van der Waals surface area (Å²) in [5.41, 5.74) is 7.07. The van der Waals surface area contributed by atoms with Crippen molar-refractivity contribution in [3.05, 3.63) is 23.8 Å². The van der Waals surface area contributed by atoms with Crippen LogP contribution in [0.4, 0.5) is 0 Å². The zero-order chi connectivity index (χ0) is 13.7. The molecule has 3 heteroatoms. The molecule has 1 unspecified atom stereocenters. The minimum Gasteiger partial charge on any atom is -0.493 e. The molecule has 0 aliphatic heterocycles. The van der Waals surface area contributed by atoms with Gasteiger partial charge < -0.3 is 15.2 Å². The van der Waals surface area contributed by atoms with E-state index in [-0.39, 0.29) is 6.04 Å². The van der Waals surface area contributed by atoms with Crippen LogP contribution in [0.2, 0.25) is 0 Å². The Hall–Kier alpha value is -1.22. The van der Waals surface area contributed by atoms with Crippen LogP contribution < -0.4 is 15.2 Å². The molecule has 1 saturated carbocycles. The van der Waals surface area contributed by atoms with Crippen molar-refractivity contribution in [2.24, 2.45) is 5.73 Å². The largest absolute Gasteiger partial charge is 0.493 e. The van der Waals surface area contributed by atoms with Crippen molar-refractivity contribution >= 4 is 0 Å². The van der Waals surface area contributed by atoms with Crippen LogP contribution in [0.5, 0.6) is 11.5 Å². The van der Waals surface area contributed by atoms with Crippen LogP contribution >= 0.6 is 0 Å². The number of benzene rings is 1. The van der Waals surface area contributed by atoms with Gasteiger partial charge in [-0.25, -0.2) is 0 Å². The van der Waals surface area contributed by atoms with Gasteiger partial charge >= 0.3 is 0 Å². The molecular weight excluding hydrogens is 238 g/mol. The molecule has 0 bridgehead atoms. The fraction of sp³-hybridized carbons (Fsp3) is 0.625. The Morgan fingerprint density at radius 3 is 2.58 bits per heavy atom. The van der Waals surface area contributed by atoms with Gasteiger partial charge in [0.25, 0.3) is 0 Å². The molecule has 1 atom stereocenters. The highest BCUT2D eigenvalue weighted by atomic mass is 16.5. The molecule has 0 saturated heterocycles. The summed E-state index contributed by atoms with van der Waals surface area (Å²) < 4.78 is 11.5. The van der Waals surface area contributed by atoms with Crippen LogP contribution in [-0.4, -0.2) is 19.3 Å². The summed E-state index contributed by atoms with van der Waals surface area (Å²) in [7, 11) is 1.69. The number of hydrogen-bond donors (Lipinski definition) is 1.